The summed E-state index contributed by atoms with van der Waals surface area (Å²) in [7, 11) is 4.10. The first-order chi connectivity index (χ1) is 11.1. The zero-order valence-electron chi connectivity index (χ0n) is 13.6. The van der Waals surface area contributed by atoms with E-state index in [-0.39, 0.29) is 0 Å². The van der Waals surface area contributed by atoms with E-state index in [9.17, 15) is 0 Å². The second-order valence-electron chi connectivity index (χ2n) is 5.95. The van der Waals surface area contributed by atoms with Gasteiger partial charge in [0.2, 0.25) is 0 Å². The van der Waals surface area contributed by atoms with Gasteiger partial charge in [-0.1, -0.05) is 24.3 Å². The highest BCUT2D eigenvalue weighted by Gasteiger charge is 2.06. The third kappa shape index (κ3) is 3.72. The Morgan fingerprint density at radius 1 is 1.04 bits per heavy atom. The lowest BCUT2D eigenvalue weighted by Crippen LogP contribution is -2.08. The van der Waals surface area contributed by atoms with Gasteiger partial charge in [0, 0.05) is 50.8 Å². The quantitative estimate of drug-likeness (QED) is 0.737. The van der Waals surface area contributed by atoms with E-state index in [0.29, 0.717) is 0 Å². The molecule has 0 radical (unpaired) electrons. The fraction of sp³-hybridized carbons (Fsp3) is 0.211. The lowest BCUT2D eigenvalue weighted by atomic mass is 10.1. The molecule has 2 N–H and O–H groups in total. The molecule has 0 spiro atoms. The topological polar surface area (TPSA) is 47.1 Å². The summed E-state index contributed by atoms with van der Waals surface area (Å²) < 4.78 is 2.18. The van der Waals surface area contributed by atoms with E-state index in [1.165, 1.54) is 16.8 Å². The minimum Gasteiger partial charge on any atom is -0.399 e. The van der Waals surface area contributed by atoms with Crippen molar-refractivity contribution < 1.29 is 0 Å². The number of nitrogens with two attached hydrogens (primary N) is 1. The summed E-state index contributed by atoms with van der Waals surface area (Å²) >= 11 is 0. The van der Waals surface area contributed by atoms with Crippen LogP contribution >= 0.6 is 0 Å². The van der Waals surface area contributed by atoms with Crippen molar-refractivity contribution >= 4 is 11.4 Å². The number of nitrogens with zero attached hydrogens (tertiary/aromatic N) is 3. The summed E-state index contributed by atoms with van der Waals surface area (Å²) in [6.07, 6.45) is 4.70. The molecule has 3 rings (SSSR count). The largest absolute Gasteiger partial charge is 0.399 e. The Balaban J connectivity index is 1.75. The van der Waals surface area contributed by atoms with E-state index in [1.807, 2.05) is 44.7 Å². The molecule has 23 heavy (non-hydrogen) atoms. The molecule has 2 aromatic carbocycles. The fourth-order valence-corrected chi connectivity index (χ4v) is 2.63. The molecule has 4 heteroatoms. The maximum atomic E-state index is 5.86. The molecule has 3 aromatic rings. The third-order valence-corrected chi connectivity index (χ3v) is 3.92. The van der Waals surface area contributed by atoms with E-state index in [4.69, 9.17) is 5.73 Å². The lowest BCUT2D eigenvalue weighted by molar-refractivity contribution is 0.741. The molecule has 0 atom stereocenters. The predicted molar refractivity (Wildman–Crippen MR) is 95.8 cm³/mol. The zero-order chi connectivity index (χ0) is 16.2. The Morgan fingerprint density at radius 2 is 1.83 bits per heavy atom. The van der Waals surface area contributed by atoms with Crippen LogP contribution in [0.5, 0.6) is 0 Å². The normalized spacial score (nSPS) is 10.7. The summed E-state index contributed by atoms with van der Waals surface area (Å²) in [5.41, 5.74) is 10.3. The standard InChI is InChI=1S/C19H22N4/c1-22(2)18-8-6-15(7-9-18)13-19-21-10-11-23(19)14-16-4-3-5-17(20)12-16/h3-12H,13-14,20H2,1-2H3. The van der Waals surface area contributed by atoms with Crippen LogP contribution in [0.4, 0.5) is 11.4 Å². The van der Waals surface area contributed by atoms with Gasteiger partial charge in [-0.05, 0) is 35.4 Å². The maximum absolute atomic E-state index is 5.86. The van der Waals surface area contributed by atoms with Crippen LogP contribution < -0.4 is 10.6 Å². The predicted octanol–water partition coefficient (Wildman–Crippen LogP) is 3.17. The Kier molecular flexibility index (Phi) is 4.33. The number of anilines is 2. The van der Waals surface area contributed by atoms with Crippen LogP contribution in [0.3, 0.4) is 0 Å². The van der Waals surface area contributed by atoms with E-state index < -0.39 is 0 Å². The second-order valence-corrected chi connectivity index (χ2v) is 5.95. The zero-order valence-corrected chi connectivity index (χ0v) is 13.6. The van der Waals surface area contributed by atoms with Crippen molar-refractivity contribution in [1.29, 1.82) is 0 Å². The van der Waals surface area contributed by atoms with Crippen LogP contribution in [0.25, 0.3) is 0 Å². The van der Waals surface area contributed by atoms with E-state index in [1.54, 1.807) is 0 Å². The van der Waals surface area contributed by atoms with Crippen LogP contribution in [-0.2, 0) is 13.0 Å². The van der Waals surface area contributed by atoms with Gasteiger partial charge in [0.1, 0.15) is 5.82 Å². The molecule has 0 aliphatic rings. The molecule has 0 fully saturated rings. The Morgan fingerprint density at radius 3 is 2.52 bits per heavy atom. The van der Waals surface area contributed by atoms with Crippen molar-refractivity contribution in [3.63, 3.8) is 0 Å². The van der Waals surface area contributed by atoms with E-state index in [2.05, 4.69) is 44.8 Å². The highest BCUT2D eigenvalue weighted by Crippen LogP contribution is 2.16. The van der Waals surface area contributed by atoms with Crippen LogP contribution in [-0.4, -0.2) is 23.6 Å². The first-order valence-electron chi connectivity index (χ1n) is 7.72. The van der Waals surface area contributed by atoms with Gasteiger partial charge in [0.15, 0.2) is 0 Å². The third-order valence-electron chi connectivity index (χ3n) is 3.92. The van der Waals surface area contributed by atoms with Gasteiger partial charge in [-0.25, -0.2) is 4.98 Å². The van der Waals surface area contributed by atoms with Gasteiger partial charge >= 0.3 is 0 Å². The summed E-state index contributed by atoms with van der Waals surface area (Å²) in [5.74, 6) is 1.06. The van der Waals surface area contributed by atoms with Crippen LogP contribution in [0.2, 0.25) is 0 Å². The van der Waals surface area contributed by atoms with Crippen molar-refractivity contribution in [2.24, 2.45) is 0 Å². The average molecular weight is 306 g/mol. The number of benzene rings is 2. The molecule has 0 saturated carbocycles. The minimum absolute atomic E-state index is 0.788. The summed E-state index contributed by atoms with van der Waals surface area (Å²) in [6, 6.07) is 16.6. The monoisotopic (exact) mass is 306 g/mol. The molecule has 0 aliphatic carbocycles. The van der Waals surface area contributed by atoms with Crippen LogP contribution in [0.15, 0.2) is 60.9 Å². The minimum atomic E-state index is 0.788. The Hall–Kier alpha value is -2.75. The number of hydrogen-bond donors (Lipinski definition) is 1. The lowest BCUT2D eigenvalue weighted by Gasteiger charge is -2.13. The van der Waals surface area contributed by atoms with Crippen molar-refractivity contribution in [3.05, 3.63) is 77.9 Å². The molecule has 1 aromatic heterocycles. The summed E-state index contributed by atoms with van der Waals surface area (Å²) in [4.78, 5) is 6.61. The Bertz CT molecular complexity index is 772. The SMILES string of the molecule is CN(C)c1ccc(Cc2nccn2Cc2cccc(N)c2)cc1. The van der Waals surface area contributed by atoms with Gasteiger partial charge in [-0.3, -0.25) is 0 Å². The Labute approximate surface area is 137 Å². The molecule has 0 aliphatic heterocycles. The van der Waals surface area contributed by atoms with Crippen molar-refractivity contribution in [2.75, 3.05) is 24.7 Å². The van der Waals surface area contributed by atoms with Gasteiger partial charge in [0.25, 0.3) is 0 Å². The molecule has 1 heterocycles. The molecule has 0 saturated heterocycles. The number of imidazole rings is 1. The molecule has 0 unspecified atom stereocenters. The highest BCUT2D eigenvalue weighted by atomic mass is 15.1. The number of rotatable bonds is 5. The van der Waals surface area contributed by atoms with E-state index in [0.717, 1.165) is 24.5 Å². The first kappa shape index (κ1) is 15.2. The first-order valence-corrected chi connectivity index (χ1v) is 7.72. The highest BCUT2D eigenvalue weighted by molar-refractivity contribution is 5.46. The molecule has 118 valence electrons. The van der Waals surface area contributed by atoms with Crippen molar-refractivity contribution in [1.82, 2.24) is 9.55 Å². The van der Waals surface area contributed by atoms with Crippen LogP contribution in [0, 0.1) is 0 Å². The van der Waals surface area contributed by atoms with E-state index >= 15 is 0 Å². The van der Waals surface area contributed by atoms with Crippen molar-refractivity contribution in [2.45, 2.75) is 13.0 Å². The molecule has 0 amide bonds. The van der Waals surface area contributed by atoms with Crippen LogP contribution in [0.1, 0.15) is 17.0 Å². The number of hydrogen-bond acceptors (Lipinski definition) is 3. The maximum Gasteiger partial charge on any atom is 0.113 e. The van der Waals surface area contributed by atoms with Gasteiger partial charge in [-0.2, -0.15) is 0 Å². The summed E-state index contributed by atoms with van der Waals surface area (Å²) in [6.45, 7) is 0.788. The fourth-order valence-electron chi connectivity index (χ4n) is 2.63. The molecule has 0 bridgehead atoms. The molecular formula is C19H22N4. The number of nitrogen functional groups attached to an aromatic ring is 1. The molecular weight excluding hydrogens is 284 g/mol. The molecule has 4 nitrogen and oxygen atoms in total. The van der Waals surface area contributed by atoms with Gasteiger partial charge in [0.05, 0.1) is 0 Å². The average Bonchev–Trinajstić information content (AvgIpc) is 2.95. The number of aromatic nitrogens is 2. The van der Waals surface area contributed by atoms with Crippen molar-refractivity contribution in [3.8, 4) is 0 Å². The van der Waals surface area contributed by atoms with Gasteiger partial charge < -0.3 is 15.2 Å². The smallest absolute Gasteiger partial charge is 0.113 e. The summed E-state index contributed by atoms with van der Waals surface area (Å²) in [5, 5.41) is 0. The van der Waals surface area contributed by atoms with Gasteiger partial charge in [-0.15, -0.1) is 0 Å². The second kappa shape index (κ2) is 6.57.